The van der Waals surface area contributed by atoms with Crippen LogP contribution in [0.3, 0.4) is 0 Å². The van der Waals surface area contributed by atoms with Crippen LogP contribution >= 0.6 is 22.9 Å². The first-order chi connectivity index (χ1) is 13.0. The molecule has 1 aromatic carbocycles. The maximum atomic E-state index is 12.8. The van der Waals surface area contributed by atoms with E-state index in [9.17, 15) is 4.79 Å². The Balaban J connectivity index is 1.59. The number of rotatable bonds is 4. The lowest BCUT2D eigenvalue weighted by atomic mass is 10.2. The zero-order valence-electron chi connectivity index (χ0n) is 14.7. The number of carbonyl (C=O) groups excluding carboxylic acids is 1. The minimum atomic E-state index is -0.305. The Kier molecular flexibility index (Phi) is 4.63. The lowest BCUT2D eigenvalue weighted by Gasteiger charge is -2.11. The second kappa shape index (κ2) is 7.09. The van der Waals surface area contributed by atoms with Gasteiger partial charge < -0.3 is 5.32 Å². The van der Waals surface area contributed by atoms with Crippen molar-refractivity contribution in [2.45, 2.75) is 19.9 Å². The van der Waals surface area contributed by atoms with Gasteiger partial charge in [0.2, 0.25) is 0 Å². The lowest BCUT2D eigenvalue weighted by Crippen LogP contribution is -2.27. The summed E-state index contributed by atoms with van der Waals surface area (Å²) in [5.74, 6) is 0.482. The topological polar surface area (TPSA) is 72.2 Å². The van der Waals surface area contributed by atoms with Crippen molar-refractivity contribution >= 4 is 34.5 Å². The fourth-order valence-electron chi connectivity index (χ4n) is 2.84. The Hall–Kier alpha value is -2.77. The third kappa shape index (κ3) is 3.31. The molecule has 4 aromatic rings. The molecule has 3 heterocycles. The van der Waals surface area contributed by atoms with Gasteiger partial charge in [-0.15, -0.1) is 21.5 Å². The van der Waals surface area contributed by atoms with E-state index in [4.69, 9.17) is 11.6 Å². The van der Waals surface area contributed by atoms with E-state index < -0.39 is 0 Å². The van der Waals surface area contributed by atoms with E-state index in [2.05, 4.69) is 20.5 Å². The Labute approximate surface area is 164 Å². The van der Waals surface area contributed by atoms with E-state index in [0.717, 1.165) is 16.2 Å². The standard InChI is InChI=1S/C19H16ClN5OS/c1-11-16(27-19(22-11)13-7-3-4-8-14(13)20)18(26)21-12(2)17-24-23-15-9-5-6-10-25(15)17/h3-10,12H,1-2H3,(H,21,26). The molecule has 136 valence electrons. The van der Waals surface area contributed by atoms with Crippen LogP contribution in [0.4, 0.5) is 0 Å². The molecule has 6 nitrogen and oxygen atoms in total. The number of pyridine rings is 1. The van der Waals surface area contributed by atoms with Gasteiger partial charge in [0, 0.05) is 11.8 Å². The first-order valence-corrected chi connectivity index (χ1v) is 9.57. The number of aryl methyl sites for hydroxylation is 1. The van der Waals surface area contributed by atoms with Crippen LogP contribution < -0.4 is 5.32 Å². The van der Waals surface area contributed by atoms with E-state index in [0.29, 0.717) is 21.4 Å². The van der Waals surface area contributed by atoms with Crippen LogP contribution in [-0.4, -0.2) is 25.5 Å². The summed E-state index contributed by atoms with van der Waals surface area (Å²) in [5, 5.41) is 12.6. The second-order valence-electron chi connectivity index (χ2n) is 6.10. The molecule has 27 heavy (non-hydrogen) atoms. The van der Waals surface area contributed by atoms with Gasteiger partial charge in [-0.1, -0.05) is 35.9 Å². The Bertz CT molecular complexity index is 1140. The van der Waals surface area contributed by atoms with Crippen molar-refractivity contribution in [2.75, 3.05) is 0 Å². The number of fused-ring (bicyclic) bond motifs is 1. The molecule has 0 fully saturated rings. The van der Waals surface area contributed by atoms with Gasteiger partial charge >= 0.3 is 0 Å². The fourth-order valence-corrected chi connectivity index (χ4v) is 4.13. The molecule has 0 saturated heterocycles. The van der Waals surface area contributed by atoms with E-state index in [1.165, 1.54) is 11.3 Å². The van der Waals surface area contributed by atoms with Crippen LogP contribution in [0.15, 0.2) is 48.7 Å². The molecule has 0 aliphatic rings. The van der Waals surface area contributed by atoms with E-state index in [1.54, 1.807) is 0 Å². The normalized spacial score (nSPS) is 12.3. The van der Waals surface area contributed by atoms with Crippen molar-refractivity contribution in [3.8, 4) is 10.6 Å². The molecular formula is C19H16ClN5OS. The summed E-state index contributed by atoms with van der Waals surface area (Å²) in [6.45, 7) is 3.70. The Morgan fingerprint density at radius 1 is 1.19 bits per heavy atom. The van der Waals surface area contributed by atoms with E-state index in [-0.39, 0.29) is 11.9 Å². The minimum Gasteiger partial charge on any atom is -0.342 e. The highest BCUT2D eigenvalue weighted by molar-refractivity contribution is 7.17. The van der Waals surface area contributed by atoms with E-state index in [1.807, 2.05) is 66.9 Å². The van der Waals surface area contributed by atoms with Gasteiger partial charge in [-0.2, -0.15) is 0 Å². The van der Waals surface area contributed by atoms with Crippen molar-refractivity contribution in [1.29, 1.82) is 0 Å². The predicted octanol–water partition coefficient (Wildman–Crippen LogP) is 4.31. The molecule has 1 atom stereocenters. The van der Waals surface area contributed by atoms with E-state index >= 15 is 0 Å². The van der Waals surface area contributed by atoms with Crippen molar-refractivity contribution in [2.24, 2.45) is 0 Å². The second-order valence-corrected chi connectivity index (χ2v) is 7.50. The largest absolute Gasteiger partial charge is 0.342 e. The first-order valence-electron chi connectivity index (χ1n) is 8.37. The molecule has 1 amide bonds. The maximum Gasteiger partial charge on any atom is 0.263 e. The molecule has 0 aliphatic carbocycles. The Morgan fingerprint density at radius 3 is 2.78 bits per heavy atom. The van der Waals surface area contributed by atoms with Gasteiger partial charge in [-0.25, -0.2) is 4.98 Å². The fraction of sp³-hybridized carbons (Fsp3) is 0.158. The highest BCUT2D eigenvalue weighted by atomic mass is 35.5. The zero-order chi connectivity index (χ0) is 19.0. The van der Waals surface area contributed by atoms with Gasteiger partial charge in [0.25, 0.3) is 5.91 Å². The monoisotopic (exact) mass is 397 g/mol. The number of nitrogens with zero attached hydrogens (tertiary/aromatic N) is 4. The van der Waals surface area contributed by atoms with Gasteiger partial charge in [0.15, 0.2) is 11.5 Å². The summed E-state index contributed by atoms with van der Waals surface area (Å²) in [7, 11) is 0. The predicted molar refractivity (Wildman–Crippen MR) is 106 cm³/mol. The number of nitrogens with one attached hydrogen (secondary N) is 1. The van der Waals surface area contributed by atoms with Crippen molar-refractivity contribution in [3.05, 3.63) is 70.1 Å². The molecule has 1 unspecified atom stereocenters. The summed E-state index contributed by atoms with van der Waals surface area (Å²) in [4.78, 5) is 17.9. The summed E-state index contributed by atoms with van der Waals surface area (Å²) >= 11 is 7.58. The number of hydrogen-bond donors (Lipinski definition) is 1. The molecule has 1 N–H and O–H groups in total. The zero-order valence-corrected chi connectivity index (χ0v) is 16.3. The summed E-state index contributed by atoms with van der Waals surface area (Å²) in [5.41, 5.74) is 2.23. The summed E-state index contributed by atoms with van der Waals surface area (Å²) in [6.07, 6.45) is 1.88. The third-order valence-electron chi connectivity index (χ3n) is 4.18. The molecule has 3 aromatic heterocycles. The number of halogens is 1. The molecule has 8 heteroatoms. The molecular weight excluding hydrogens is 382 g/mol. The lowest BCUT2D eigenvalue weighted by molar-refractivity contribution is 0.0941. The Morgan fingerprint density at radius 2 is 1.96 bits per heavy atom. The third-order valence-corrected chi connectivity index (χ3v) is 5.70. The van der Waals surface area contributed by atoms with Crippen LogP contribution in [0.25, 0.3) is 16.2 Å². The van der Waals surface area contributed by atoms with Crippen molar-refractivity contribution < 1.29 is 4.79 Å². The number of thiazole rings is 1. The minimum absolute atomic E-state index is 0.191. The number of aromatic nitrogens is 4. The quantitative estimate of drug-likeness (QED) is 0.557. The van der Waals surface area contributed by atoms with Crippen molar-refractivity contribution in [3.63, 3.8) is 0 Å². The SMILES string of the molecule is Cc1nc(-c2ccccc2Cl)sc1C(=O)NC(C)c1nnc2ccccn12. The number of carbonyl (C=O) groups is 1. The highest BCUT2D eigenvalue weighted by Crippen LogP contribution is 2.32. The van der Waals surface area contributed by atoms with Gasteiger partial charge in [-0.05, 0) is 32.0 Å². The summed E-state index contributed by atoms with van der Waals surface area (Å²) in [6, 6.07) is 12.8. The number of amides is 1. The average molecular weight is 398 g/mol. The number of benzene rings is 1. The van der Waals surface area contributed by atoms with Gasteiger partial charge in [0.1, 0.15) is 9.88 Å². The molecule has 0 spiro atoms. The molecule has 0 bridgehead atoms. The van der Waals surface area contributed by atoms with Crippen LogP contribution in [0.5, 0.6) is 0 Å². The van der Waals surface area contributed by atoms with Crippen molar-refractivity contribution in [1.82, 2.24) is 24.9 Å². The molecule has 0 aliphatic heterocycles. The average Bonchev–Trinajstić information content (AvgIpc) is 3.25. The number of hydrogen-bond acceptors (Lipinski definition) is 5. The first kappa shape index (κ1) is 17.6. The molecule has 0 radical (unpaired) electrons. The maximum absolute atomic E-state index is 12.8. The van der Waals surface area contributed by atoms with Crippen LogP contribution in [0.2, 0.25) is 5.02 Å². The van der Waals surface area contributed by atoms with Crippen LogP contribution in [0, 0.1) is 6.92 Å². The van der Waals surface area contributed by atoms with Crippen LogP contribution in [0.1, 0.15) is 34.2 Å². The summed E-state index contributed by atoms with van der Waals surface area (Å²) < 4.78 is 1.86. The smallest absolute Gasteiger partial charge is 0.263 e. The van der Waals surface area contributed by atoms with Gasteiger partial charge in [0.05, 0.1) is 16.8 Å². The van der Waals surface area contributed by atoms with Gasteiger partial charge in [-0.3, -0.25) is 9.20 Å². The molecule has 4 rings (SSSR count). The highest BCUT2D eigenvalue weighted by Gasteiger charge is 2.21. The molecule has 0 saturated carbocycles. The van der Waals surface area contributed by atoms with Crippen LogP contribution in [-0.2, 0) is 0 Å².